The van der Waals surface area contributed by atoms with Crippen molar-refractivity contribution in [1.82, 2.24) is 10.2 Å². The van der Waals surface area contributed by atoms with Gasteiger partial charge in [-0.25, -0.2) is 8.42 Å². The van der Waals surface area contributed by atoms with E-state index in [1.807, 2.05) is 6.92 Å². The number of sulfonamides is 1. The van der Waals surface area contributed by atoms with Gasteiger partial charge in [-0.2, -0.15) is 0 Å². The molecule has 9 heteroatoms. The largest absolute Gasteiger partial charge is 0.481 e. The molecular formula is C19H31N3O5S. The number of rotatable bonds is 10. The molecule has 8 nitrogen and oxygen atoms in total. The van der Waals surface area contributed by atoms with Gasteiger partial charge >= 0.3 is 0 Å². The molecule has 1 aromatic rings. The minimum atomic E-state index is -3.31. The molecule has 0 radical (unpaired) electrons. The van der Waals surface area contributed by atoms with Gasteiger partial charge in [0, 0.05) is 26.7 Å². The number of nitrogens with zero attached hydrogens (tertiary/aromatic N) is 2. The fourth-order valence-corrected chi connectivity index (χ4v) is 3.37. The van der Waals surface area contributed by atoms with E-state index in [2.05, 4.69) is 10.2 Å². The van der Waals surface area contributed by atoms with Crippen molar-refractivity contribution < 1.29 is 22.7 Å². The van der Waals surface area contributed by atoms with Crippen molar-refractivity contribution in [2.75, 3.05) is 57.0 Å². The molecule has 0 saturated carbocycles. The Labute approximate surface area is 167 Å². The molecule has 0 unspecified atom stereocenters. The van der Waals surface area contributed by atoms with Gasteiger partial charge in [0.1, 0.15) is 5.75 Å². The first-order valence-corrected chi connectivity index (χ1v) is 11.4. The maximum atomic E-state index is 12.4. The van der Waals surface area contributed by atoms with Crippen molar-refractivity contribution in [3.05, 3.63) is 24.3 Å². The summed E-state index contributed by atoms with van der Waals surface area (Å²) in [5, 5.41) is 2.93. The summed E-state index contributed by atoms with van der Waals surface area (Å²) in [6.07, 6.45) is 1.99. The van der Waals surface area contributed by atoms with Crippen LogP contribution in [0.2, 0.25) is 0 Å². The highest BCUT2D eigenvalue weighted by Gasteiger charge is 2.19. The third kappa shape index (κ3) is 6.96. The van der Waals surface area contributed by atoms with Crippen molar-refractivity contribution in [2.24, 2.45) is 0 Å². The third-order valence-electron chi connectivity index (χ3n) is 4.69. The minimum Gasteiger partial charge on any atom is -0.481 e. The third-order valence-corrected chi connectivity index (χ3v) is 5.90. The highest BCUT2D eigenvalue weighted by Crippen LogP contribution is 2.21. The van der Waals surface area contributed by atoms with Crippen molar-refractivity contribution >= 4 is 21.6 Å². The van der Waals surface area contributed by atoms with Crippen LogP contribution in [0.3, 0.4) is 0 Å². The topological polar surface area (TPSA) is 88.2 Å². The van der Waals surface area contributed by atoms with Crippen LogP contribution in [0.15, 0.2) is 24.3 Å². The molecule has 1 heterocycles. The molecule has 28 heavy (non-hydrogen) atoms. The van der Waals surface area contributed by atoms with Crippen LogP contribution >= 0.6 is 0 Å². The lowest BCUT2D eigenvalue weighted by molar-refractivity contribution is -0.128. The zero-order valence-corrected chi connectivity index (χ0v) is 17.7. The lowest BCUT2D eigenvalue weighted by Gasteiger charge is -2.26. The summed E-state index contributed by atoms with van der Waals surface area (Å²) in [5.41, 5.74) is 0.537. The fraction of sp³-hybridized carbons (Fsp3) is 0.632. The van der Waals surface area contributed by atoms with Crippen LogP contribution in [0.1, 0.15) is 19.8 Å². The number of amides is 1. The second-order valence-corrected chi connectivity index (χ2v) is 8.85. The Bertz CT molecular complexity index is 718. The van der Waals surface area contributed by atoms with E-state index in [9.17, 15) is 13.2 Å². The van der Waals surface area contributed by atoms with Crippen LogP contribution < -0.4 is 14.4 Å². The number of carbonyl (C=O) groups excluding carboxylic acids is 1. The summed E-state index contributed by atoms with van der Waals surface area (Å²) in [5.74, 6) is 0.391. The molecule has 1 aliphatic heterocycles. The van der Waals surface area contributed by atoms with E-state index < -0.39 is 16.1 Å². The average Bonchev–Trinajstić information content (AvgIpc) is 2.69. The van der Waals surface area contributed by atoms with Gasteiger partial charge in [-0.15, -0.1) is 0 Å². The normalized spacial score (nSPS) is 16.4. The van der Waals surface area contributed by atoms with Gasteiger partial charge < -0.3 is 14.8 Å². The van der Waals surface area contributed by atoms with E-state index in [0.717, 1.165) is 45.5 Å². The van der Waals surface area contributed by atoms with Gasteiger partial charge in [-0.3, -0.25) is 14.0 Å². The van der Waals surface area contributed by atoms with Crippen molar-refractivity contribution in [3.63, 3.8) is 0 Å². The second kappa shape index (κ2) is 10.6. The standard InChI is InChI=1S/C19H31N3O5S/c1-4-18(19(23)20-10-5-11-22-12-14-26-15-13-22)27-17-8-6-16(7-9-17)21(2)28(3,24)25/h6-9,18H,4-5,10-15H2,1-3H3,(H,20,23)/t18-/m1/s1. The zero-order chi connectivity index (χ0) is 20.6. The minimum absolute atomic E-state index is 0.137. The molecule has 1 saturated heterocycles. The first kappa shape index (κ1) is 22.4. The average molecular weight is 414 g/mol. The lowest BCUT2D eigenvalue weighted by Crippen LogP contribution is -2.41. The molecule has 0 bridgehead atoms. The molecule has 1 fully saturated rings. The molecule has 2 rings (SSSR count). The highest BCUT2D eigenvalue weighted by molar-refractivity contribution is 7.92. The lowest BCUT2D eigenvalue weighted by atomic mass is 10.2. The van der Waals surface area contributed by atoms with Crippen molar-refractivity contribution in [1.29, 1.82) is 0 Å². The number of anilines is 1. The van der Waals surface area contributed by atoms with E-state index in [-0.39, 0.29) is 5.91 Å². The summed E-state index contributed by atoms with van der Waals surface area (Å²) in [6, 6.07) is 6.66. The Balaban J connectivity index is 1.79. The van der Waals surface area contributed by atoms with Crippen LogP contribution in [-0.2, 0) is 19.6 Å². The van der Waals surface area contributed by atoms with Crippen LogP contribution in [0.5, 0.6) is 5.75 Å². The van der Waals surface area contributed by atoms with E-state index >= 15 is 0 Å². The SMILES string of the molecule is CC[C@@H](Oc1ccc(N(C)S(C)(=O)=O)cc1)C(=O)NCCCN1CCOCC1. The molecule has 1 amide bonds. The van der Waals surface area contributed by atoms with Gasteiger partial charge in [-0.05, 0) is 43.7 Å². The van der Waals surface area contributed by atoms with E-state index in [4.69, 9.17) is 9.47 Å². The van der Waals surface area contributed by atoms with Gasteiger partial charge in [0.25, 0.3) is 5.91 Å². The van der Waals surface area contributed by atoms with E-state index in [1.165, 1.54) is 11.4 Å². The molecule has 0 aromatic heterocycles. The molecule has 1 atom stereocenters. The summed E-state index contributed by atoms with van der Waals surface area (Å²) >= 11 is 0. The van der Waals surface area contributed by atoms with Gasteiger partial charge in [0.15, 0.2) is 6.10 Å². The Kier molecular flexibility index (Phi) is 8.53. The Morgan fingerprint density at radius 3 is 2.50 bits per heavy atom. The Hall–Kier alpha value is -1.84. The maximum Gasteiger partial charge on any atom is 0.261 e. The number of hydrogen-bond acceptors (Lipinski definition) is 6. The Morgan fingerprint density at radius 1 is 1.29 bits per heavy atom. The number of hydrogen-bond donors (Lipinski definition) is 1. The van der Waals surface area contributed by atoms with Crippen molar-refractivity contribution in [2.45, 2.75) is 25.9 Å². The summed E-state index contributed by atoms with van der Waals surface area (Å²) < 4.78 is 35.5. The second-order valence-electron chi connectivity index (χ2n) is 6.84. The van der Waals surface area contributed by atoms with Crippen LogP contribution in [0, 0.1) is 0 Å². The van der Waals surface area contributed by atoms with Crippen LogP contribution in [-0.4, -0.2) is 78.0 Å². The summed E-state index contributed by atoms with van der Waals surface area (Å²) in [7, 11) is -1.82. The molecule has 1 aromatic carbocycles. The first-order valence-electron chi connectivity index (χ1n) is 9.59. The molecule has 0 aliphatic carbocycles. The quantitative estimate of drug-likeness (QED) is 0.578. The smallest absolute Gasteiger partial charge is 0.261 e. The number of morpholine rings is 1. The van der Waals surface area contributed by atoms with Gasteiger partial charge in [0.2, 0.25) is 10.0 Å². The summed E-state index contributed by atoms with van der Waals surface area (Å²) in [6.45, 7) is 6.88. The molecule has 158 valence electrons. The maximum absolute atomic E-state index is 12.4. The van der Waals surface area contributed by atoms with E-state index in [0.29, 0.717) is 24.4 Å². The summed E-state index contributed by atoms with van der Waals surface area (Å²) in [4.78, 5) is 14.7. The molecule has 1 aliphatic rings. The molecule has 1 N–H and O–H groups in total. The molecule has 0 spiro atoms. The monoisotopic (exact) mass is 413 g/mol. The van der Waals surface area contributed by atoms with Gasteiger partial charge in [-0.1, -0.05) is 6.92 Å². The Morgan fingerprint density at radius 2 is 1.93 bits per heavy atom. The predicted molar refractivity (Wildman–Crippen MR) is 109 cm³/mol. The predicted octanol–water partition coefficient (Wildman–Crippen LogP) is 1.08. The van der Waals surface area contributed by atoms with E-state index in [1.54, 1.807) is 24.3 Å². The highest BCUT2D eigenvalue weighted by atomic mass is 32.2. The number of ether oxygens (including phenoxy) is 2. The fourth-order valence-electron chi connectivity index (χ4n) is 2.87. The number of benzene rings is 1. The van der Waals surface area contributed by atoms with Gasteiger partial charge in [0.05, 0.1) is 25.2 Å². The van der Waals surface area contributed by atoms with Crippen molar-refractivity contribution in [3.8, 4) is 5.75 Å². The van der Waals surface area contributed by atoms with Crippen LogP contribution in [0.25, 0.3) is 0 Å². The number of carbonyl (C=O) groups is 1. The number of nitrogens with one attached hydrogen (secondary N) is 1. The van der Waals surface area contributed by atoms with Crippen LogP contribution in [0.4, 0.5) is 5.69 Å². The zero-order valence-electron chi connectivity index (χ0n) is 16.9. The molecular weight excluding hydrogens is 382 g/mol. The first-order chi connectivity index (χ1) is 13.3.